The van der Waals surface area contributed by atoms with Gasteiger partial charge in [0.25, 0.3) is 0 Å². The molecule has 1 N–H and O–H groups in total. The van der Waals surface area contributed by atoms with Gasteiger partial charge in [0.2, 0.25) is 11.8 Å². The lowest BCUT2D eigenvalue weighted by molar-refractivity contribution is -0.141. The number of thioether (sulfide) groups is 1. The average molecular weight is 467 g/mol. The predicted octanol–water partition coefficient (Wildman–Crippen LogP) is 5.81. The van der Waals surface area contributed by atoms with E-state index in [2.05, 4.69) is 5.32 Å². The molecule has 2 aromatic rings. The van der Waals surface area contributed by atoms with Crippen molar-refractivity contribution in [1.29, 1.82) is 0 Å². The lowest BCUT2D eigenvalue weighted by Gasteiger charge is -2.31. The molecular formula is C23H28Cl2N2O2S. The molecule has 2 aromatic carbocycles. The highest BCUT2D eigenvalue weighted by Crippen LogP contribution is 2.27. The van der Waals surface area contributed by atoms with Gasteiger partial charge in [-0.2, -0.15) is 0 Å². The summed E-state index contributed by atoms with van der Waals surface area (Å²) in [7, 11) is 0. The molecule has 0 saturated heterocycles. The Balaban J connectivity index is 2.20. The lowest BCUT2D eigenvalue weighted by Crippen LogP contribution is -2.50. The first-order valence-electron chi connectivity index (χ1n) is 10.0. The van der Waals surface area contributed by atoms with Gasteiger partial charge >= 0.3 is 0 Å². The van der Waals surface area contributed by atoms with E-state index in [-0.39, 0.29) is 24.4 Å². The minimum absolute atomic E-state index is 0.0129. The standard InChI is InChI=1S/C23H28Cl2N2O2S/c1-4-21(23(29)26-16(2)3)27(15-18-19(24)11-8-12-20(18)25)22(28)13-14-30-17-9-6-5-7-10-17/h5-12,16,21H,4,13-15H2,1-3H3,(H,26,29)/t21-/m1/s1. The van der Waals surface area contributed by atoms with Crippen LogP contribution in [0.1, 0.15) is 39.2 Å². The second-order valence-corrected chi connectivity index (χ2v) is 9.20. The highest BCUT2D eigenvalue weighted by molar-refractivity contribution is 7.99. The Morgan fingerprint density at radius 1 is 1.03 bits per heavy atom. The second-order valence-electron chi connectivity index (χ2n) is 7.22. The fourth-order valence-electron chi connectivity index (χ4n) is 3.07. The number of rotatable bonds is 10. The molecular weight excluding hydrogens is 439 g/mol. The maximum Gasteiger partial charge on any atom is 0.243 e. The maximum atomic E-state index is 13.2. The molecule has 7 heteroatoms. The smallest absolute Gasteiger partial charge is 0.243 e. The Hall–Kier alpha value is -1.69. The van der Waals surface area contributed by atoms with Crippen molar-refractivity contribution in [2.24, 2.45) is 0 Å². The number of hydrogen-bond donors (Lipinski definition) is 1. The van der Waals surface area contributed by atoms with Crippen LogP contribution in [0.2, 0.25) is 10.0 Å². The normalized spacial score (nSPS) is 11.9. The van der Waals surface area contributed by atoms with Crippen LogP contribution in [-0.4, -0.2) is 34.6 Å². The Labute approximate surface area is 193 Å². The van der Waals surface area contributed by atoms with E-state index >= 15 is 0 Å². The topological polar surface area (TPSA) is 49.4 Å². The van der Waals surface area contributed by atoms with Crippen LogP contribution in [0.15, 0.2) is 53.4 Å². The van der Waals surface area contributed by atoms with Gasteiger partial charge in [-0.25, -0.2) is 0 Å². The lowest BCUT2D eigenvalue weighted by atomic mass is 10.1. The van der Waals surface area contributed by atoms with Crippen LogP contribution in [0.5, 0.6) is 0 Å². The fraction of sp³-hybridized carbons (Fsp3) is 0.391. The van der Waals surface area contributed by atoms with Crippen molar-refractivity contribution >= 4 is 46.8 Å². The summed E-state index contributed by atoms with van der Waals surface area (Å²) in [6.07, 6.45) is 0.811. The van der Waals surface area contributed by atoms with E-state index in [1.807, 2.05) is 51.1 Å². The highest BCUT2D eigenvalue weighted by atomic mass is 35.5. The summed E-state index contributed by atoms with van der Waals surface area (Å²) in [5.74, 6) is 0.359. The Bertz CT molecular complexity index is 826. The van der Waals surface area contributed by atoms with E-state index in [1.54, 1.807) is 34.9 Å². The molecule has 30 heavy (non-hydrogen) atoms. The molecule has 0 heterocycles. The monoisotopic (exact) mass is 466 g/mol. The van der Waals surface area contributed by atoms with Crippen LogP contribution >= 0.6 is 35.0 Å². The third-order valence-electron chi connectivity index (χ3n) is 4.53. The zero-order valence-corrected chi connectivity index (χ0v) is 19.9. The minimum Gasteiger partial charge on any atom is -0.352 e. The van der Waals surface area contributed by atoms with Gasteiger partial charge in [-0.05, 0) is 44.5 Å². The first-order chi connectivity index (χ1) is 14.3. The fourth-order valence-corrected chi connectivity index (χ4v) is 4.45. The van der Waals surface area contributed by atoms with Crippen molar-refractivity contribution in [3.63, 3.8) is 0 Å². The van der Waals surface area contributed by atoms with Crippen LogP contribution < -0.4 is 5.32 Å². The molecule has 2 amide bonds. The maximum absolute atomic E-state index is 13.2. The van der Waals surface area contributed by atoms with Crippen LogP contribution in [0, 0.1) is 0 Å². The number of carbonyl (C=O) groups excluding carboxylic acids is 2. The van der Waals surface area contributed by atoms with Crippen molar-refractivity contribution in [3.8, 4) is 0 Å². The molecule has 0 aliphatic carbocycles. The number of nitrogens with zero attached hydrogens (tertiary/aromatic N) is 1. The average Bonchev–Trinajstić information content (AvgIpc) is 2.70. The second kappa shape index (κ2) is 12.2. The molecule has 0 fully saturated rings. The van der Waals surface area contributed by atoms with Crippen LogP contribution in [0.25, 0.3) is 0 Å². The van der Waals surface area contributed by atoms with Crippen molar-refractivity contribution in [2.75, 3.05) is 5.75 Å². The molecule has 2 rings (SSSR count). The highest BCUT2D eigenvalue weighted by Gasteiger charge is 2.29. The predicted molar refractivity (Wildman–Crippen MR) is 126 cm³/mol. The van der Waals surface area contributed by atoms with Crippen LogP contribution in [-0.2, 0) is 16.1 Å². The number of carbonyl (C=O) groups is 2. The summed E-state index contributed by atoms with van der Waals surface area (Å²) in [6, 6.07) is 14.6. The zero-order chi connectivity index (χ0) is 22.1. The number of halogens is 2. The van der Waals surface area contributed by atoms with E-state index < -0.39 is 6.04 Å². The molecule has 4 nitrogen and oxygen atoms in total. The van der Waals surface area contributed by atoms with Gasteiger partial charge in [0.05, 0.1) is 0 Å². The third kappa shape index (κ3) is 7.22. The zero-order valence-electron chi connectivity index (χ0n) is 17.5. The number of hydrogen-bond acceptors (Lipinski definition) is 3. The van der Waals surface area contributed by atoms with E-state index in [4.69, 9.17) is 23.2 Å². The summed E-state index contributed by atoms with van der Waals surface area (Å²) in [5.41, 5.74) is 0.653. The molecule has 0 bridgehead atoms. The third-order valence-corrected chi connectivity index (χ3v) is 6.26. The molecule has 0 unspecified atom stereocenters. The van der Waals surface area contributed by atoms with E-state index in [1.165, 1.54) is 0 Å². The Kier molecular flexibility index (Phi) is 10.0. The molecule has 0 aliphatic rings. The molecule has 0 saturated carbocycles. The minimum atomic E-state index is -0.589. The summed E-state index contributed by atoms with van der Waals surface area (Å²) >= 11 is 14.3. The molecule has 1 atom stereocenters. The van der Waals surface area contributed by atoms with Gasteiger partial charge in [-0.15, -0.1) is 11.8 Å². The van der Waals surface area contributed by atoms with Crippen molar-refractivity contribution in [1.82, 2.24) is 10.2 Å². The summed E-state index contributed by atoms with van der Waals surface area (Å²) in [5, 5.41) is 3.89. The number of benzene rings is 2. The van der Waals surface area contributed by atoms with Gasteiger partial charge in [-0.3, -0.25) is 9.59 Å². The molecule has 0 spiro atoms. The number of amides is 2. The van der Waals surface area contributed by atoms with E-state index in [9.17, 15) is 9.59 Å². The van der Waals surface area contributed by atoms with Gasteiger partial charge in [0.1, 0.15) is 6.04 Å². The van der Waals surface area contributed by atoms with Gasteiger partial charge < -0.3 is 10.2 Å². The van der Waals surface area contributed by atoms with Crippen molar-refractivity contribution < 1.29 is 9.59 Å². The Morgan fingerprint density at radius 3 is 2.23 bits per heavy atom. The first kappa shape index (κ1) is 24.6. The quantitative estimate of drug-likeness (QED) is 0.449. The summed E-state index contributed by atoms with van der Waals surface area (Å²) in [6.45, 7) is 5.89. The molecule has 0 radical (unpaired) electrons. The van der Waals surface area contributed by atoms with E-state index in [0.717, 1.165) is 4.90 Å². The largest absolute Gasteiger partial charge is 0.352 e. The van der Waals surface area contributed by atoms with Gasteiger partial charge in [0, 0.05) is 45.3 Å². The van der Waals surface area contributed by atoms with Crippen LogP contribution in [0.3, 0.4) is 0 Å². The molecule has 162 valence electrons. The molecule has 0 aromatic heterocycles. The SMILES string of the molecule is CC[C@H](C(=O)NC(C)C)N(Cc1c(Cl)cccc1Cl)C(=O)CCSc1ccccc1. The summed E-state index contributed by atoms with van der Waals surface area (Å²) < 4.78 is 0. The van der Waals surface area contributed by atoms with Gasteiger partial charge in [-0.1, -0.05) is 54.4 Å². The Morgan fingerprint density at radius 2 is 1.67 bits per heavy atom. The van der Waals surface area contributed by atoms with Crippen LogP contribution in [0.4, 0.5) is 0 Å². The van der Waals surface area contributed by atoms with Crippen molar-refractivity contribution in [3.05, 3.63) is 64.1 Å². The number of nitrogens with one attached hydrogen (secondary N) is 1. The molecule has 0 aliphatic heterocycles. The first-order valence-corrected chi connectivity index (χ1v) is 11.8. The summed E-state index contributed by atoms with van der Waals surface area (Å²) in [4.78, 5) is 28.7. The van der Waals surface area contributed by atoms with Gasteiger partial charge in [0.15, 0.2) is 0 Å². The van der Waals surface area contributed by atoms with E-state index in [0.29, 0.717) is 34.2 Å². The van der Waals surface area contributed by atoms with Crippen molar-refractivity contribution in [2.45, 2.75) is 57.1 Å².